The molecule has 0 rings (SSSR count). The van der Waals surface area contributed by atoms with Crippen LogP contribution in [0.25, 0.3) is 0 Å². The van der Waals surface area contributed by atoms with Gasteiger partial charge in [-0.25, -0.2) is 0 Å². The summed E-state index contributed by atoms with van der Waals surface area (Å²) >= 11 is 2.21. The summed E-state index contributed by atoms with van der Waals surface area (Å²) in [4.78, 5) is 0. The van der Waals surface area contributed by atoms with Gasteiger partial charge in [0.05, 0.1) is 0 Å². The fourth-order valence-corrected chi connectivity index (χ4v) is 0.354. The van der Waals surface area contributed by atoms with Gasteiger partial charge in [0.2, 0.25) is 0 Å². The number of halogens is 1. The second-order valence-electron chi connectivity index (χ2n) is 1.35. The van der Waals surface area contributed by atoms with Crippen molar-refractivity contribution >= 4 is 53.6 Å². The average Bonchev–Trinajstić information content (AvgIpc) is 1.41. The molecule has 0 aliphatic heterocycles. The van der Waals surface area contributed by atoms with Gasteiger partial charge in [0.1, 0.15) is 0 Å². The Morgan fingerprint density at radius 1 is 1.43 bits per heavy atom. The maximum atomic E-state index is 2.21. The van der Waals surface area contributed by atoms with Crippen LogP contribution in [0.2, 0.25) is 5.09 Å². The van der Waals surface area contributed by atoms with Gasteiger partial charge in [-0.15, -0.1) is 17.0 Å². The Hall–Kier alpha value is 1.67. The first-order chi connectivity index (χ1) is 2.41. The van der Waals surface area contributed by atoms with Crippen LogP contribution in [-0.4, -0.2) is 36.6 Å². The van der Waals surface area contributed by atoms with Crippen LogP contribution in [-0.2, 0) is 0 Å². The van der Waals surface area contributed by atoms with Crippen LogP contribution < -0.4 is 0 Å². The molecule has 0 saturated carbocycles. The van der Waals surface area contributed by atoms with E-state index in [4.69, 9.17) is 0 Å². The first kappa shape index (κ1) is 15.9. The van der Waals surface area contributed by atoms with Crippen molar-refractivity contribution in [3.05, 3.63) is 0 Å². The normalized spacial score (nSPS) is 6.14. The van der Waals surface area contributed by atoms with Gasteiger partial charge >= 0.3 is 61.4 Å². The van der Waals surface area contributed by atoms with Gasteiger partial charge in [0.25, 0.3) is 0 Å². The van der Waals surface area contributed by atoms with Crippen molar-refractivity contribution in [2.24, 2.45) is 0 Å². The minimum absolute atomic E-state index is 0. The van der Waals surface area contributed by atoms with Gasteiger partial charge in [0.15, 0.2) is 0 Å². The van der Waals surface area contributed by atoms with Crippen molar-refractivity contribution in [2.75, 3.05) is 0 Å². The van der Waals surface area contributed by atoms with Crippen LogP contribution in [0.1, 0.15) is 19.8 Å². The predicted molar refractivity (Wildman–Crippen MR) is 42.9 cm³/mol. The molecular formula is C4H11BrLi2. The number of hydrogen-bond donors (Lipinski definition) is 0. The molecular weight excluding hydrogens is 142 g/mol. The zero-order chi connectivity index (χ0) is 4.12. The Morgan fingerprint density at radius 3 is 1.86 bits per heavy atom. The van der Waals surface area contributed by atoms with Crippen LogP contribution in [0.5, 0.6) is 0 Å². The van der Waals surface area contributed by atoms with Crippen LogP contribution in [0.15, 0.2) is 0 Å². The molecule has 0 radical (unpaired) electrons. The van der Waals surface area contributed by atoms with Crippen LogP contribution in [0, 0.1) is 0 Å². The second kappa shape index (κ2) is 15.6. The molecule has 0 saturated heterocycles. The number of unbranched alkanes of at least 4 members (excludes halogenated alkanes) is 1. The molecule has 0 aliphatic rings. The molecule has 0 nitrogen and oxygen atoms in total. The summed E-state index contributed by atoms with van der Waals surface area (Å²) in [6.45, 7) is 2.21. The molecule has 0 spiro atoms. The molecule has 0 heterocycles. The van der Waals surface area contributed by atoms with Gasteiger partial charge in [0, 0.05) is 0 Å². The van der Waals surface area contributed by atoms with Crippen LogP contribution in [0.3, 0.4) is 0 Å². The van der Waals surface area contributed by atoms with Crippen molar-refractivity contribution in [3.8, 4) is 0 Å². The van der Waals surface area contributed by atoms with E-state index in [1.807, 2.05) is 0 Å². The monoisotopic (exact) mass is 152 g/mol. The molecule has 0 aromatic rings. The molecule has 3 heteroatoms. The van der Waals surface area contributed by atoms with Gasteiger partial charge in [-0.05, 0) is 0 Å². The van der Waals surface area contributed by atoms with E-state index < -0.39 is 0 Å². The van der Waals surface area contributed by atoms with E-state index in [9.17, 15) is 0 Å². The summed E-state index contributed by atoms with van der Waals surface area (Å²) in [6.07, 6.45) is 2.73. The summed E-state index contributed by atoms with van der Waals surface area (Å²) < 4.78 is 0. The van der Waals surface area contributed by atoms with Gasteiger partial charge in [-0.3, -0.25) is 0 Å². The molecule has 0 atom stereocenters. The van der Waals surface area contributed by atoms with Gasteiger partial charge in [-0.1, -0.05) is 0 Å². The van der Waals surface area contributed by atoms with E-state index in [-0.39, 0.29) is 35.8 Å². The molecule has 0 unspecified atom stereocenters. The fourth-order valence-electron chi connectivity index (χ4n) is 0.354. The third kappa shape index (κ3) is 18.3. The van der Waals surface area contributed by atoms with E-state index in [1.54, 1.807) is 0 Å². The molecule has 0 N–H and O–H groups in total. The Balaban J connectivity index is -0.0000000800. The summed E-state index contributed by atoms with van der Waals surface area (Å²) in [6, 6.07) is 0. The Labute approximate surface area is 78.0 Å². The third-order valence-electron chi connectivity index (χ3n) is 0.707. The number of rotatable bonds is 2. The first-order valence-corrected chi connectivity index (χ1v) is 2.41. The maximum absolute atomic E-state index is 2.21. The Kier molecular flexibility index (Phi) is 35.5. The predicted octanol–water partition coefficient (Wildman–Crippen LogP) is 1.30. The van der Waals surface area contributed by atoms with Crippen molar-refractivity contribution < 1.29 is 0 Å². The molecule has 0 aromatic carbocycles. The fraction of sp³-hybridized carbons (Fsp3) is 1.00. The second-order valence-corrected chi connectivity index (χ2v) is 1.35. The average molecular weight is 153 g/mol. The molecule has 36 valence electrons. The summed E-state index contributed by atoms with van der Waals surface area (Å²) in [5, 5.41) is 1.34. The van der Waals surface area contributed by atoms with E-state index in [1.165, 1.54) is 17.9 Å². The molecule has 7 heavy (non-hydrogen) atoms. The summed E-state index contributed by atoms with van der Waals surface area (Å²) in [5.41, 5.74) is 0. The molecule has 0 aromatic heterocycles. The van der Waals surface area contributed by atoms with E-state index >= 15 is 0 Å². The van der Waals surface area contributed by atoms with Crippen LogP contribution >= 0.6 is 17.0 Å². The molecule has 0 fully saturated rings. The Morgan fingerprint density at radius 2 is 1.86 bits per heavy atom. The molecule has 0 bridgehead atoms. The molecule has 0 amide bonds. The standard InChI is InChI=1S/C4H9.BrH.2Li.H/c1-3-4-2;;;;/h1,3-4H2,2H3;1H;;;. The SMILES string of the molecule is Br.[LiH].[Li][CH2]CCC. The van der Waals surface area contributed by atoms with E-state index in [2.05, 4.69) is 24.6 Å². The minimum atomic E-state index is 0. The zero-order valence-corrected chi connectivity index (χ0v) is 6.24. The Bertz CT molecular complexity index is 17.2. The van der Waals surface area contributed by atoms with Gasteiger partial charge in [-0.2, -0.15) is 0 Å². The summed E-state index contributed by atoms with van der Waals surface area (Å²) in [7, 11) is 0. The van der Waals surface area contributed by atoms with E-state index in [0.29, 0.717) is 0 Å². The van der Waals surface area contributed by atoms with E-state index in [0.717, 1.165) is 0 Å². The van der Waals surface area contributed by atoms with Gasteiger partial charge < -0.3 is 0 Å². The van der Waals surface area contributed by atoms with Crippen molar-refractivity contribution in [1.29, 1.82) is 0 Å². The number of hydrogen-bond acceptors (Lipinski definition) is 0. The van der Waals surface area contributed by atoms with Crippen LogP contribution in [0.4, 0.5) is 0 Å². The van der Waals surface area contributed by atoms with Crippen molar-refractivity contribution in [1.82, 2.24) is 0 Å². The first-order valence-electron chi connectivity index (χ1n) is 2.41. The molecule has 0 aliphatic carbocycles. The van der Waals surface area contributed by atoms with Crippen molar-refractivity contribution in [3.63, 3.8) is 0 Å². The van der Waals surface area contributed by atoms with Crippen molar-refractivity contribution in [2.45, 2.75) is 24.9 Å². The third-order valence-corrected chi connectivity index (χ3v) is 0.707. The topological polar surface area (TPSA) is 0 Å². The quantitative estimate of drug-likeness (QED) is 0.524. The summed E-state index contributed by atoms with van der Waals surface area (Å²) in [5.74, 6) is 0. The zero-order valence-electron chi connectivity index (χ0n) is 4.53.